The van der Waals surface area contributed by atoms with Crippen LogP contribution in [0.5, 0.6) is 0 Å². The molecule has 6 nitrogen and oxygen atoms in total. The standard InChI is InChI=1S/C9H10IN3O3/c1-5(14)12-2-3-13-6(4-12)7(10)8(11-13)9(15)16/h2-4H2,1H3,(H,15,16). The summed E-state index contributed by atoms with van der Waals surface area (Å²) >= 11 is 1.97. The highest BCUT2D eigenvalue weighted by Gasteiger charge is 2.26. The number of aromatic nitrogens is 2. The molecule has 0 spiro atoms. The van der Waals surface area contributed by atoms with Gasteiger partial charge in [-0.2, -0.15) is 5.10 Å². The first-order chi connectivity index (χ1) is 7.50. The van der Waals surface area contributed by atoms with Crippen LogP contribution in [0.15, 0.2) is 0 Å². The third-order valence-electron chi connectivity index (χ3n) is 2.56. The Bertz CT molecular complexity index is 469. The van der Waals surface area contributed by atoms with Crippen LogP contribution in [0.1, 0.15) is 23.1 Å². The maximum atomic E-state index is 11.2. The van der Waals surface area contributed by atoms with E-state index in [4.69, 9.17) is 5.11 Å². The van der Waals surface area contributed by atoms with Crippen molar-refractivity contribution >= 4 is 34.5 Å². The molecule has 86 valence electrons. The van der Waals surface area contributed by atoms with Crippen molar-refractivity contribution in [1.82, 2.24) is 14.7 Å². The van der Waals surface area contributed by atoms with E-state index in [1.807, 2.05) is 22.6 Å². The molecule has 0 saturated carbocycles. The van der Waals surface area contributed by atoms with E-state index in [1.165, 1.54) is 6.92 Å². The van der Waals surface area contributed by atoms with Crippen LogP contribution in [0, 0.1) is 3.57 Å². The summed E-state index contributed by atoms with van der Waals surface area (Å²) in [5.41, 5.74) is 0.875. The van der Waals surface area contributed by atoms with Crippen LogP contribution in [0.4, 0.5) is 0 Å². The van der Waals surface area contributed by atoms with Crippen molar-refractivity contribution in [2.75, 3.05) is 6.54 Å². The minimum atomic E-state index is -1.03. The largest absolute Gasteiger partial charge is 0.476 e. The average Bonchev–Trinajstić information content (AvgIpc) is 2.56. The Morgan fingerprint density at radius 2 is 2.12 bits per heavy atom. The van der Waals surface area contributed by atoms with Gasteiger partial charge in [0.2, 0.25) is 5.91 Å². The normalized spacial score (nSPS) is 14.8. The third-order valence-corrected chi connectivity index (χ3v) is 3.70. The summed E-state index contributed by atoms with van der Waals surface area (Å²) in [7, 11) is 0. The van der Waals surface area contributed by atoms with Crippen molar-refractivity contribution in [1.29, 1.82) is 0 Å². The second-order valence-electron chi connectivity index (χ2n) is 3.58. The summed E-state index contributed by atoms with van der Waals surface area (Å²) in [4.78, 5) is 23.8. The minimum absolute atomic E-state index is 0.000116. The zero-order chi connectivity index (χ0) is 11.9. The van der Waals surface area contributed by atoms with Gasteiger partial charge < -0.3 is 10.0 Å². The number of carboxylic acids is 1. The molecule has 0 unspecified atom stereocenters. The molecular weight excluding hydrogens is 325 g/mol. The predicted octanol–water partition coefficient (Wildman–Crippen LogP) is 0.548. The Labute approximate surface area is 105 Å². The minimum Gasteiger partial charge on any atom is -0.476 e. The molecule has 0 aliphatic carbocycles. The molecule has 16 heavy (non-hydrogen) atoms. The number of halogens is 1. The lowest BCUT2D eigenvalue weighted by molar-refractivity contribution is -0.130. The molecule has 0 bridgehead atoms. The summed E-state index contributed by atoms with van der Waals surface area (Å²) in [6, 6.07) is 0. The molecule has 1 aliphatic rings. The number of carboxylic acid groups (broad SMARTS) is 1. The second kappa shape index (κ2) is 4.04. The van der Waals surface area contributed by atoms with Gasteiger partial charge in [-0.15, -0.1) is 0 Å². The van der Waals surface area contributed by atoms with Crippen molar-refractivity contribution < 1.29 is 14.7 Å². The van der Waals surface area contributed by atoms with Gasteiger partial charge in [0.25, 0.3) is 0 Å². The van der Waals surface area contributed by atoms with E-state index in [1.54, 1.807) is 9.58 Å². The SMILES string of the molecule is CC(=O)N1CCn2nc(C(=O)O)c(I)c2C1. The molecule has 1 aromatic rings. The lowest BCUT2D eigenvalue weighted by atomic mass is 10.3. The van der Waals surface area contributed by atoms with Crippen molar-refractivity contribution in [3.63, 3.8) is 0 Å². The number of hydrogen-bond donors (Lipinski definition) is 1. The molecular formula is C9H10IN3O3. The van der Waals surface area contributed by atoms with Crippen LogP contribution < -0.4 is 0 Å². The number of aromatic carboxylic acids is 1. The Morgan fingerprint density at radius 1 is 1.44 bits per heavy atom. The number of carbonyl (C=O) groups is 2. The number of rotatable bonds is 1. The summed E-state index contributed by atoms with van der Waals surface area (Å²) in [6.07, 6.45) is 0. The van der Waals surface area contributed by atoms with E-state index < -0.39 is 5.97 Å². The molecule has 1 aromatic heterocycles. The smallest absolute Gasteiger partial charge is 0.357 e. The van der Waals surface area contributed by atoms with Crippen LogP contribution in [0.3, 0.4) is 0 Å². The van der Waals surface area contributed by atoms with Crippen LogP contribution in [0.25, 0.3) is 0 Å². The molecule has 7 heteroatoms. The first kappa shape index (κ1) is 11.4. The predicted molar refractivity (Wildman–Crippen MR) is 63.0 cm³/mol. The number of fused-ring (bicyclic) bond motifs is 1. The maximum absolute atomic E-state index is 11.2. The van der Waals surface area contributed by atoms with Crippen molar-refractivity contribution in [3.05, 3.63) is 15.0 Å². The Kier molecular flexibility index (Phi) is 2.87. The lowest BCUT2D eigenvalue weighted by Crippen LogP contribution is -2.37. The molecule has 1 amide bonds. The van der Waals surface area contributed by atoms with Gasteiger partial charge in [-0.1, -0.05) is 0 Å². The van der Waals surface area contributed by atoms with Gasteiger partial charge in [-0.25, -0.2) is 4.79 Å². The van der Waals surface area contributed by atoms with Gasteiger partial charge in [-0.3, -0.25) is 9.48 Å². The fourth-order valence-corrected chi connectivity index (χ4v) is 2.48. The third kappa shape index (κ3) is 1.79. The Balaban J connectivity index is 2.38. The highest BCUT2D eigenvalue weighted by molar-refractivity contribution is 14.1. The molecule has 2 rings (SSSR count). The Morgan fingerprint density at radius 3 is 2.69 bits per heavy atom. The highest BCUT2D eigenvalue weighted by Crippen LogP contribution is 2.22. The molecule has 1 aliphatic heterocycles. The zero-order valence-electron chi connectivity index (χ0n) is 8.60. The monoisotopic (exact) mass is 335 g/mol. The summed E-state index contributed by atoms with van der Waals surface area (Å²) in [6.45, 7) is 3.09. The average molecular weight is 335 g/mol. The molecule has 0 fully saturated rings. The topological polar surface area (TPSA) is 75.4 Å². The molecule has 0 radical (unpaired) electrons. The van der Waals surface area contributed by atoms with Crippen LogP contribution in [0.2, 0.25) is 0 Å². The molecule has 0 atom stereocenters. The molecule has 0 saturated heterocycles. The van der Waals surface area contributed by atoms with E-state index in [0.29, 0.717) is 23.2 Å². The summed E-state index contributed by atoms with van der Waals surface area (Å²) < 4.78 is 2.29. The fourth-order valence-electron chi connectivity index (χ4n) is 1.69. The van der Waals surface area contributed by atoms with Crippen molar-refractivity contribution in [3.8, 4) is 0 Å². The van der Waals surface area contributed by atoms with E-state index in [0.717, 1.165) is 5.69 Å². The quantitative estimate of drug-likeness (QED) is 0.761. The molecule has 2 heterocycles. The van der Waals surface area contributed by atoms with E-state index in [-0.39, 0.29) is 11.6 Å². The Hall–Kier alpha value is -1.12. The first-order valence-corrected chi connectivity index (χ1v) is 5.82. The number of carbonyl (C=O) groups excluding carboxylic acids is 1. The zero-order valence-corrected chi connectivity index (χ0v) is 10.8. The molecule has 0 aromatic carbocycles. The second-order valence-corrected chi connectivity index (χ2v) is 4.66. The maximum Gasteiger partial charge on any atom is 0.357 e. The summed E-state index contributed by atoms with van der Waals surface area (Å²) in [5, 5.41) is 12.9. The van der Waals surface area contributed by atoms with Crippen molar-refractivity contribution in [2.24, 2.45) is 0 Å². The van der Waals surface area contributed by atoms with E-state index in [9.17, 15) is 9.59 Å². The highest BCUT2D eigenvalue weighted by atomic mass is 127. The van der Waals surface area contributed by atoms with E-state index >= 15 is 0 Å². The number of hydrogen-bond acceptors (Lipinski definition) is 3. The van der Waals surface area contributed by atoms with Gasteiger partial charge in [-0.05, 0) is 22.6 Å². The van der Waals surface area contributed by atoms with Crippen molar-refractivity contribution in [2.45, 2.75) is 20.0 Å². The first-order valence-electron chi connectivity index (χ1n) is 4.74. The summed E-state index contributed by atoms with van der Waals surface area (Å²) in [5.74, 6) is -1.03. The fraction of sp³-hybridized carbons (Fsp3) is 0.444. The van der Waals surface area contributed by atoms with Crippen LogP contribution in [-0.2, 0) is 17.9 Å². The lowest BCUT2D eigenvalue weighted by Gasteiger charge is -2.26. The van der Waals surface area contributed by atoms with Crippen LogP contribution >= 0.6 is 22.6 Å². The van der Waals surface area contributed by atoms with Gasteiger partial charge in [0.15, 0.2) is 5.69 Å². The number of amides is 1. The van der Waals surface area contributed by atoms with Gasteiger partial charge >= 0.3 is 5.97 Å². The molecule has 1 N–H and O–H groups in total. The van der Waals surface area contributed by atoms with Gasteiger partial charge in [0.1, 0.15) is 0 Å². The van der Waals surface area contributed by atoms with Crippen LogP contribution in [-0.4, -0.2) is 38.2 Å². The van der Waals surface area contributed by atoms with E-state index in [2.05, 4.69) is 5.10 Å². The number of nitrogens with zero attached hydrogens (tertiary/aromatic N) is 3. The van der Waals surface area contributed by atoms with Gasteiger partial charge in [0.05, 0.1) is 22.4 Å². The van der Waals surface area contributed by atoms with Gasteiger partial charge in [0, 0.05) is 13.5 Å².